The van der Waals surface area contributed by atoms with Gasteiger partial charge in [-0.25, -0.2) is 4.79 Å². The van der Waals surface area contributed by atoms with Crippen molar-refractivity contribution in [1.29, 1.82) is 0 Å². The summed E-state index contributed by atoms with van der Waals surface area (Å²) in [6.07, 6.45) is 1.35. The summed E-state index contributed by atoms with van der Waals surface area (Å²) < 4.78 is 0. The zero-order valence-corrected chi connectivity index (χ0v) is 22.6. The van der Waals surface area contributed by atoms with Gasteiger partial charge in [-0.05, 0) is 30.2 Å². The molecule has 212 valence electrons. The van der Waals surface area contributed by atoms with Crippen LogP contribution in [0, 0.1) is 11.8 Å². The maximum atomic E-state index is 13.4. The number of guanidine groups is 1. The number of carboxylic acid groups (broad SMARTS) is 1. The molecule has 0 aliphatic carbocycles. The number of hydrogen-bond donors (Lipinski definition) is 7. The number of amides is 3. The van der Waals surface area contributed by atoms with E-state index in [1.807, 2.05) is 19.9 Å². The number of aliphatic imine (C=N–C) groups is 1. The Kier molecular flexibility index (Phi) is 13.8. The molecule has 0 bridgehead atoms. The van der Waals surface area contributed by atoms with Crippen molar-refractivity contribution in [2.24, 2.45) is 34.0 Å². The fourth-order valence-corrected chi connectivity index (χ4v) is 3.65. The second kappa shape index (κ2) is 16.2. The van der Waals surface area contributed by atoms with E-state index >= 15 is 0 Å². The Labute approximate surface area is 224 Å². The smallest absolute Gasteiger partial charge is 0.326 e. The van der Waals surface area contributed by atoms with E-state index in [4.69, 9.17) is 17.2 Å². The zero-order valence-electron chi connectivity index (χ0n) is 22.6. The summed E-state index contributed by atoms with van der Waals surface area (Å²) in [5.74, 6) is -3.50. The fraction of sp³-hybridized carbons (Fsp3) is 0.577. The van der Waals surface area contributed by atoms with E-state index in [0.29, 0.717) is 12.8 Å². The van der Waals surface area contributed by atoms with Crippen LogP contribution in [0.4, 0.5) is 0 Å². The number of nitrogens with two attached hydrogens (primary N) is 3. The Bertz CT molecular complexity index is 951. The van der Waals surface area contributed by atoms with Gasteiger partial charge in [0, 0.05) is 13.0 Å². The van der Waals surface area contributed by atoms with Gasteiger partial charge in [0.05, 0.1) is 6.04 Å². The van der Waals surface area contributed by atoms with Gasteiger partial charge in [0.1, 0.15) is 18.1 Å². The Morgan fingerprint density at radius 2 is 1.50 bits per heavy atom. The summed E-state index contributed by atoms with van der Waals surface area (Å²) >= 11 is 0. The molecule has 0 aromatic heterocycles. The third-order valence-electron chi connectivity index (χ3n) is 6.28. The van der Waals surface area contributed by atoms with Crippen LogP contribution >= 0.6 is 0 Å². The van der Waals surface area contributed by atoms with Crippen LogP contribution in [-0.2, 0) is 25.6 Å². The number of carbonyl (C=O) groups is 4. The first-order chi connectivity index (χ1) is 17.9. The van der Waals surface area contributed by atoms with Crippen molar-refractivity contribution in [2.45, 2.75) is 77.5 Å². The van der Waals surface area contributed by atoms with Gasteiger partial charge in [-0.3, -0.25) is 19.4 Å². The van der Waals surface area contributed by atoms with Crippen LogP contribution in [0.15, 0.2) is 35.3 Å². The maximum Gasteiger partial charge on any atom is 0.326 e. The standard InChI is InChI=1S/C26H43N7O5/c1-5-16(4)20(27)24(36)31-18(12-9-13-30-26(28)29)22(34)32-19(14-17-10-7-6-8-11-17)23(35)33-21(15(2)3)25(37)38/h6-8,10-11,15-16,18-21H,5,9,12-14,27H2,1-4H3,(H,31,36)(H,32,34)(H,33,35)(H,37,38)(H4,28,29,30). The van der Waals surface area contributed by atoms with Crippen LogP contribution in [0.5, 0.6) is 0 Å². The average Bonchev–Trinajstić information content (AvgIpc) is 2.87. The van der Waals surface area contributed by atoms with Gasteiger partial charge < -0.3 is 38.3 Å². The van der Waals surface area contributed by atoms with E-state index in [-0.39, 0.29) is 37.2 Å². The van der Waals surface area contributed by atoms with Crippen LogP contribution in [0.1, 0.15) is 52.5 Å². The van der Waals surface area contributed by atoms with Crippen LogP contribution in [0.3, 0.4) is 0 Å². The van der Waals surface area contributed by atoms with E-state index in [0.717, 1.165) is 5.56 Å². The summed E-state index contributed by atoms with van der Waals surface area (Å²) in [6, 6.07) is 4.93. The van der Waals surface area contributed by atoms with Gasteiger partial charge >= 0.3 is 5.97 Å². The van der Waals surface area contributed by atoms with Crippen molar-refractivity contribution in [2.75, 3.05) is 6.54 Å². The molecule has 12 heteroatoms. The molecule has 0 spiro atoms. The third kappa shape index (κ3) is 11.2. The Balaban J connectivity index is 3.17. The molecular formula is C26H43N7O5. The second-order valence-electron chi connectivity index (χ2n) is 9.74. The number of aliphatic carboxylic acids is 1. The minimum absolute atomic E-state index is 0.0911. The summed E-state index contributed by atoms with van der Waals surface area (Å²) in [4.78, 5) is 54.9. The molecule has 1 aromatic rings. The molecule has 5 unspecified atom stereocenters. The second-order valence-corrected chi connectivity index (χ2v) is 9.74. The van der Waals surface area contributed by atoms with Gasteiger partial charge in [-0.15, -0.1) is 0 Å². The number of nitrogens with one attached hydrogen (secondary N) is 3. The fourth-order valence-electron chi connectivity index (χ4n) is 3.65. The number of nitrogens with zero attached hydrogens (tertiary/aromatic N) is 1. The van der Waals surface area contributed by atoms with Crippen molar-refractivity contribution in [3.05, 3.63) is 35.9 Å². The summed E-state index contributed by atoms with van der Waals surface area (Å²) in [5, 5.41) is 17.4. The molecule has 0 saturated heterocycles. The molecule has 38 heavy (non-hydrogen) atoms. The lowest BCUT2D eigenvalue weighted by Gasteiger charge is -2.27. The maximum absolute atomic E-state index is 13.4. The van der Waals surface area contributed by atoms with Gasteiger partial charge in [0.2, 0.25) is 17.7 Å². The molecule has 0 radical (unpaired) electrons. The Morgan fingerprint density at radius 1 is 0.921 bits per heavy atom. The van der Waals surface area contributed by atoms with E-state index in [2.05, 4.69) is 20.9 Å². The van der Waals surface area contributed by atoms with E-state index in [9.17, 15) is 24.3 Å². The first-order valence-electron chi connectivity index (χ1n) is 12.9. The highest BCUT2D eigenvalue weighted by Gasteiger charge is 2.31. The van der Waals surface area contributed by atoms with Crippen molar-refractivity contribution in [3.63, 3.8) is 0 Å². The number of carboxylic acids is 1. The Morgan fingerprint density at radius 3 is 2.03 bits per heavy atom. The molecule has 0 fully saturated rings. The monoisotopic (exact) mass is 533 g/mol. The molecule has 0 saturated carbocycles. The molecule has 0 aliphatic heterocycles. The highest BCUT2D eigenvalue weighted by Crippen LogP contribution is 2.10. The average molecular weight is 534 g/mol. The number of benzene rings is 1. The van der Waals surface area contributed by atoms with E-state index < -0.39 is 47.9 Å². The van der Waals surface area contributed by atoms with Gasteiger partial charge in [0.15, 0.2) is 5.96 Å². The van der Waals surface area contributed by atoms with Crippen molar-refractivity contribution < 1.29 is 24.3 Å². The van der Waals surface area contributed by atoms with E-state index in [1.54, 1.807) is 38.1 Å². The first kappa shape index (κ1) is 32.4. The van der Waals surface area contributed by atoms with Gasteiger partial charge in [0.25, 0.3) is 0 Å². The van der Waals surface area contributed by atoms with Crippen LogP contribution in [0.25, 0.3) is 0 Å². The molecule has 12 nitrogen and oxygen atoms in total. The van der Waals surface area contributed by atoms with Crippen LogP contribution in [0.2, 0.25) is 0 Å². The lowest BCUT2D eigenvalue weighted by Crippen LogP contribution is -2.58. The molecule has 0 heterocycles. The normalized spacial score (nSPS) is 14.9. The van der Waals surface area contributed by atoms with Crippen molar-refractivity contribution in [3.8, 4) is 0 Å². The first-order valence-corrected chi connectivity index (χ1v) is 12.9. The lowest BCUT2D eigenvalue weighted by atomic mass is 9.98. The highest BCUT2D eigenvalue weighted by molar-refractivity contribution is 5.94. The Hall–Kier alpha value is -3.67. The predicted octanol–water partition coefficient (Wildman–Crippen LogP) is -0.149. The molecule has 1 aromatic carbocycles. The topological polar surface area (TPSA) is 215 Å². The van der Waals surface area contributed by atoms with Crippen LogP contribution < -0.4 is 33.2 Å². The number of carbonyl (C=O) groups excluding carboxylic acids is 3. The SMILES string of the molecule is CCC(C)C(N)C(=O)NC(CCCN=C(N)N)C(=O)NC(Cc1ccccc1)C(=O)NC(C(=O)O)C(C)C. The summed E-state index contributed by atoms with van der Waals surface area (Å²) in [7, 11) is 0. The van der Waals surface area contributed by atoms with Gasteiger partial charge in [-0.2, -0.15) is 0 Å². The molecule has 5 atom stereocenters. The quantitative estimate of drug-likeness (QED) is 0.0859. The number of rotatable bonds is 16. The minimum Gasteiger partial charge on any atom is -0.480 e. The molecule has 3 amide bonds. The summed E-state index contributed by atoms with van der Waals surface area (Å²) in [6.45, 7) is 7.33. The highest BCUT2D eigenvalue weighted by atomic mass is 16.4. The lowest BCUT2D eigenvalue weighted by molar-refractivity contribution is -0.143. The molecular weight excluding hydrogens is 490 g/mol. The predicted molar refractivity (Wildman–Crippen MR) is 146 cm³/mol. The van der Waals surface area contributed by atoms with Gasteiger partial charge in [-0.1, -0.05) is 64.4 Å². The van der Waals surface area contributed by atoms with E-state index in [1.165, 1.54) is 0 Å². The summed E-state index contributed by atoms with van der Waals surface area (Å²) in [5.41, 5.74) is 17.6. The molecule has 10 N–H and O–H groups in total. The third-order valence-corrected chi connectivity index (χ3v) is 6.28. The van der Waals surface area contributed by atoms with Crippen molar-refractivity contribution >= 4 is 29.7 Å². The van der Waals surface area contributed by atoms with Crippen molar-refractivity contribution in [1.82, 2.24) is 16.0 Å². The minimum atomic E-state index is -1.18. The largest absolute Gasteiger partial charge is 0.480 e. The van der Waals surface area contributed by atoms with Crippen LogP contribution in [-0.4, -0.2) is 65.5 Å². The molecule has 1 rings (SSSR count). The zero-order chi connectivity index (χ0) is 28.8. The number of hydrogen-bond acceptors (Lipinski definition) is 6. The molecule has 0 aliphatic rings.